The van der Waals surface area contributed by atoms with Crippen molar-refractivity contribution in [2.24, 2.45) is 0 Å². The molecule has 0 heterocycles. The SMILES string of the molecule is O[C@@]1(c2ccccc2)CCC[C@H]1[NH2+]Cc1ccccc1. The van der Waals surface area contributed by atoms with Gasteiger partial charge in [-0.05, 0) is 18.4 Å². The van der Waals surface area contributed by atoms with Gasteiger partial charge >= 0.3 is 0 Å². The van der Waals surface area contributed by atoms with Gasteiger partial charge in [0.25, 0.3) is 0 Å². The predicted octanol–water partition coefficient (Wildman–Crippen LogP) is 2.19. The van der Waals surface area contributed by atoms with Crippen molar-refractivity contribution >= 4 is 0 Å². The van der Waals surface area contributed by atoms with Crippen molar-refractivity contribution in [1.82, 2.24) is 0 Å². The molecule has 2 nitrogen and oxygen atoms in total. The van der Waals surface area contributed by atoms with Gasteiger partial charge in [-0.15, -0.1) is 0 Å². The minimum Gasteiger partial charge on any atom is -0.379 e. The molecule has 1 saturated carbocycles. The molecule has 20 heavy (non-hydrogen) atoms. The van der Waals surface area contributed by atoms with Crippen molar-refractivity contribution in [3.05, 3.63) is 71.8 Å². The van der Waals surface area contributed by atoms with Crippen molar-refractivity contribution in [2.75, 3.05) is 0 Å². The highest BCUT2D eigenvalue weighted by atomic mass is 16.3. The molecule has 0 unspecified atom stereocenters. The Morgan fingerprint density at radius 2 is 1.65 bits per heavy atom. The average Bonchev–Trinajstić information content (AvgIpc) is 2.89. The van der Waals surface area contributed by atoms with E-state index >= 15 is 0 Å². The molecule has 0 bridgehead atoms. The van der Waals surface area contributed by atoms with E-state index in [2.05, 4.69) is 41.7 Å². The first kappa shape index (κ1) is 13.3. The Morgan fingerprint density at radius 1 is 1.00 bits per heavy atom. The number of hydrogen-bond acceptors (Lipinski definition) is 1. The Bertz CT molecular complexity index is 540. The monoisotopic (exact) mass is 268 g/mol. The smallest absolute Gasteiger partial charge is 0.141 e. The first-order chi connectivity index (χ1) is 9.79. The fraction of sp³-hybridized carbons (Fsp3) is 0.333. The summed E-state index contributed by atoms with van der Waals surface area (Å²) in [5.74, 6) is 0. The molecule has 0 spiro atoms. The van der Waals surface area contributed by atoms with Gasteiger partial charge in [-0.1, -0.05) is 60.7 Å². The second kappa shape index (κ2) is 5.78. The van der Waals surface area contributed by atoms with E-state index < -0.39 is 5.60 Å². The number of nitrogens with two attached hydrogens (primary N) is 1. The molecular formula is C18H22NO+. The maximum Gasteiger partial charge on any atom is 0.141 e. The fourth-order valence-corrected chi connectivity index (χ4v) is 3.31. The molecule has 2 aromatic rings. The quantitative estimate of drug-likeness (QED) is 0.876. The standard InChI is InChI=1S/C18H21NO/c20-18(16-10-5-2-6-11-16)13-7-12-17(18)19-14-15-8-3-1-4-9-15/h1-6,8-11,17,19-20H,7,12-14H2/p+1/t17-,18-/m1/s1. The number of quaternary nitrogens is 1. The fourth-order valence-electron chi connectivity index (χ4n) is 3.31. The molecule has 0 radical (unpaired) electrons. The summed E-state index contributed by atoms with van der Waals surface area (Å²) >= 11 is 0. The predicted molar refractivity (Wildman–Crippen MR) is 80.0 cm³/mol. The summed E-state index contributed by atoms with van der Waals surface area (Å²) in [6.45, 7) is 0.931. The van der Waals surface area contributed by atoms with E-state index in [1.807, 2.05) is 24.3 Å². The van der Waals surface area contributed by atoms with Gasteiger partial charge in [-0.2, -0.15) is 0 Å². The van der Waals surface area contributed by atoms with Crippen molar-refractivity contribution in [3.8, 4) is 0 Å². The summed E-state index contributed by atoms with van der Waals surface area (Å²) in [4.78, 5) is 0. The van der Waals surface area contributed by atoms with Crippen LogP contribution in [0, 0.1) is 0 Å². The lowest BCUT2D eigenvalue weighted by molar-refractivity contribution is -0.717. The van der Waals surface area contributed by atoms with Gasteiger partial charge in [0.05, 0.1) is 0 Å². The topological polar surface area (TPSA) is 36.8 Å². The lowest BCUT2D eigenvalue weighted by Gasteiger charge is -2.28. The number of hydrogen-bond donors (Lipinski definition) is 2. The Balaban J connectivity index is 1.73. The normalized spacial score (nSPS) is 25.8. The largest absolute Gasteiger partial charge is 0.379 e. The van der Waals surface area contributed by atoms with Crippen molar-refractivity contribution in [2.45, 2.75) is 37.5 Å². The summed E-state index contributed by atoms with van der Waals surface area (Å²) in [6.07, 6.45) is 3.05. The van der Waals surface area contributed by atoms with Crippen LogP contribution < -0.4 is 5.32 Å². The first-order valence-electron chi connectivity index (χ1n) is 7.44. The van der Waals surface area contributed by atoms with Crippen LogP contribution in [0.1, 0.15) is 30.4 Å². The van der Waals surface area contributed by atoms with Crippen LogP contribution in [0.5, 0.6) is 0 Å². The molecule has 0 aliphatic heterocycles. The van der Waals surface area contributed by atoms with E-state index in [1.54, 1.807) is 0 Å². The zero-order valence-corrected chi connectivity index (χ0v) is 11.7. The molecular weight excluding hydrogens is 246 g/mol. The summed E-state index contributed by atoms with van der Waals surface area (Å²) in [7, 11) is 0. The van der Waals surface area contributed by atoms with Crippen LogP contribution in [-0.2, 0) is 12.1 Å². The molecule has 3 N–H and O–H groups in total. The molecule has 2 aromatic carbocycles. The van der Waals surface area contributed by atoms with Gasteiger partial charge in [-0.25, -0.2) is 0 Å². The minimum atomic E-state index is -0.671. The molecule has 1 aliphatic rings. The highest BCUT2D eigenvalue weighted by Crippen LogP contribution is 2.37. The van der Waals surface area contributed by atoms with Crippen LogP contribution in [0.25, 0.3) is 0 Å². The average molecular weight is 268 g/mol. The van der Waals surface area contributed by atoms with Crippen LogP contribution in [0.4, 0.5) is 0 Å². The van der Waals surface area contributed by atoms with Crippen LogP contribution in [0.2, 0.25) is 0 Å². The Morgan fingerprint density at radius 3 is 2.35 bits per heavy atom. The lowest BCUT2D eigenvalue weighted by Crippen LogP contribution is -2.91. The second-order valence-corrected chi connectivity index (χ2v) is 5.71. The molecule has 1 fully saturated rings. The van der Waals surface area contributed by atoms with E-state index in [1.165, 1.54) is 5.56 Å². The number of rotatable bonds is 4. The molecule has 0 amide bonds. The van der Waals surface area contributed by atoms with Gasteiger partial charge in [0.1, 0.15) is 18.2 Å². The third-order valence-electron chi connectivity index (χ3n) is 4.44. The second-order valence-electron chi connectivity index (χ2n) is 5.71. The number of benzene rings is 2. The van der Waals surface area contributed by atoms with E-state index in [-0.39, 0.29) is 6.04 Å². The van der Waals surface area contributed by atoms with Crippen molar-refractivity contribution < 1.29 is 10.4 Å². The Hall–Kier alpha value is -1.64. The molecule has 2 heteroatoms. The highest BCUT2D eigenvalue weighted by Gasteiger charge is 2.45. The van der Waals surface area contributed by atoms with Gasteiger partial charge in [0.2, 0.25) is 0 Å². The van der Waals surface area contributed by atoms with Crippen molar-refractivity contribution in [3.63, 3.8) is 0 Å². The van der Waals surface area contributed by atoms with Crippen LogP contribution in [0.15, 0.2) is 60.7 Å². The zero-order valence-electron chi connectivity index (χ0n) is 11.7. The molecule has 0 aromatic heterocycles. The van der Waals surface area contributed by atoms with E-state index in [0.29, 0.717) is 0 Å². The first-order valence-corrected chi connectivity index (χ1v) is 7.44. The maximum atomic E-state index is 11.1. The minimum absolute atomic E-state index is 0.255. The Labute approximate surface area is 120 Å². The third kappa shape index (κ3) is 2.62. The lowest BCUT2D eigenvalue weighted by atomic mass is 9.88. The number of aliphatic hydroxyl groups is 1. The molecule has 3 rings (SSSR count). The van der Waals surface area contributed by atoms with E-state index in [0.717, 1.165) is 31.4 Å². The molecule has 0 saturated heterocycles. The van der Waals surface area contributed by atoms with E-state index in [9.17, 15) is 5.11 Å². The zero-order chi connectivity index (χ0) is 13.8. The van der Waals surface area contributed by atoms with Gasteiger partial charge < -0.3 is 10.4 Å². The Kier molecular flexibility index (Phi) is 3.86. The van der Waals surface area contributed by atoms with Crippen LogP contribution in [-0.4, -0.2) is 11.1 Å². The third-order valence-corrected chi connectivity index (χ3v) is 4.44. The van der Waals surface area contributed by atoms with Crippen LogP contribution >= 0.6 is 0 Å². The maximum absolute atomic E-state index is 11.1. The van der Waals surface area contributed by atoms with Gasteiger partial charge in [-0.3, -0.25) is 0 Å². The summed E-state index contributed by atoms with van der Waals surface area (Å²) in [5, 5.41) is 13.4. The van der Waals surface area contributed by atoms with Gasteiger partial charge in [0.15, 0.2) is 0 Å². The summed E-state index contributed by atoms with van der Waals surface area (Å²) in [6, 6.07) is 20.9. The van der Waals surface area contributed by atoms with E-state index in [4.69, 9.17) is 0 Å². The van der Waals surface area contributed by atoms with Crippen molar-refractivity contribution in [1.29, 1.82) is 0 Å². The van der Waals surface area contributed by atoms with Gasteiger partial charge in [0, 0.05) is 12.0 Å². The summed E-state index contributed by atoms with van der Waals surface area (Å²) in [5.41, 5.74) is 1.71. The molecule has 1 aliphatic carbocycles. The highest BCUT2D eigenvalue weighted by molar-refractivity contribution is 5.25. The summed E-state index contributed by atoms with van der Waals surface area (Å²) < 4.78 is 0. The molecule has 2 atom stereocenters. The molecule has 104 valence electrons. The van der Waals surface area contributed by atoms with Crippen LogP contribution in [0.3, 0.4) is 0 Å².